The molecule has 1 heterocycles. The van der Waals surface area contributed by atoms with Crippen molar-refractivity contribution in [3.8, 4) is 0 Å². The standard InChI is InChI=1S/C13H17N3O2S2/c14-13(19)16-15-6-11-5-9(8-20-11)7-18-12(17)10-3-1-2-4-10/h5-6,8,10H,1-4,7H2,(H3,14,16,19)/b15-6+. The van der Waals surface area contributed by atoms with Crippen molar-refractivity contribution >= 4 is 40.9 Å². The zero-order valence-electron chi connectivity index (χ0n) is 11.0. The predicted octanol–water partition coefficient (Wildman–Crippen LogP) is 2.15. The molecule has 0 atom stereocenters. The van der Waals surface area contributed by atoms with Gasteiger partial charge < -0.3 is 10.5 Å². The number of esters is 1. The number of hydrogen-bond donors (Lipinski definition) is 2. The zero-order valence-corrected chi connectivity index (χ0v) is 12.6. The van der Waals surface area contributed by atoms with Crippen LogP contribution in [0, 0.1) is 5.92 Å². The van der Waals surface area contributed by atoms with Crippen LogP contribution in [-0.2, 0) is 16.1 Å². The van der Waals surface area contributed by atoms with Crippen LogP contribution in [0.1, 0.15) is 36.1 Å². The molecule has 0 amide bonds. The number of hydrogen-bond acceptors (Lipinski definition) is 5. The quantitative estimate of drug-likeness (QED) is 0.377. The van der Waals surface area contributed by atoms with Crippen molar-refractivity contribution in [2.75, 3.05) is 0 Å². The summed E-state index contributed by atoms with van der Waals surface area (Å²) in [5.41, 5.74) is 8.72. The van der Waals surface area contributed by atoms with Crippen molar-refractivity contribution in [3.05, 3.63) is 21.9 Å². The lowest BCUT2D eigenvalue weighted by Crippen LogP contribution is -2.23. The molecule has 0 aliphatic heterocycles. The SMILES string of the molecule is NC(=S)N/N=C/c1cc(COC(=O)C2CCCC2)cs1. The van der Waals surface area contributed by atoms with Crippen LogP contribution in [0.5, 0.6) is 0 Å². The average Bonchev–Trinajstić information content (AvgIpc) is 3.07. The fourth-order valence-corrected chi connectivity index (χ4v) is 2.94. The second-order valence-electron chi connectivity index (χ2n) is 4.68. The molecule has 108 valence electrons. The molecule has 0 unspecified atom stereocenters. The van der Waals surface area contributed by atoms with Crippen molar-refractivity contribution in [1.82, 2.24) is 5.43 Å². The normalized spacial score (nSPS) is 15.6. The topological polar surface area (TPSA) is 76.7 Å². The molecule has 0 aromatic carbocycles. The molecule has 1 fully saturated rings. The van der Waals surface area contributed by atoms with Gasteiger partial charge in [-0.2, -0.15) is 5.10 Å². The largest absolute Gasteiger partial charge is 0.461 e. The van der Waals surface area contributed by atoms with E-state index in [0.29, 0.717) is 6.61 Å². The van der Waals surface area contributed by atoms with Crippen LogP contribution in [0.3, 0.4) is 0 Å². The minimum absolute atomic E-state index is 0.0703. The maximum absolute atomic E-state index is 11.8. The number of hydrazone groups is 1. The third kappa shape index (κ3) is 4.57. The van der Waals surface area contributed by atoms with E-state index < -0.39 is 0 Å². The summed E-state index contributed by atoms with van der Waals surface area (Å²) in [6.07, 6.45) is 5.83. The Bertz CT molecular complexity index is 507. The third-order valence-corrected chi connectivity index (χ3v) is 4.12. The molecule has 7 heteroatoms. The molecule has 5 nitrogen and oxygen atoms in total. The number of nitrogens with zero attached hydrogens (tertiary/aromatic N) is 1. The van der Waals surface area contributed by atoms with E-state index in [0.717, 1.165) is 36.1 Å². The summed E-state index contributed by atoms with van der Waals surface area (Å²) < 4.78 is 5.33. The average molecular weight is 311 g/mol. The fraction of sp³-hybridized carbons (Fsp3) is 0.462. The van der Waals surface area contributed by atoms with Gasteiger partial charge >= 0.3 is 5.97 Å². The van der Waals surface area contributed by atoms with Gasteiger partial charge in [0.1, 0.15) is 6.61 Å². The molecule has 2 rings (SSSR count). The molecular formula is C13H17N3O2S2. The molecule has 0 saturated heterocycles. The summed E-state index contributed by atoms with van der Waals surface area (Å²) in [5, 5.41) is 5.95. The summed E-state index contributed by atoms with van der Waals surface area (Å²) in [7, 11) is 0. The molecule has 1 aliphatic carbocycles. The van der Waals surface area contributed by atoms with Crippen molar-refractivity contribution in [2.45, 2.75) is 32.3 Å². The molecule has 0 radical (unpaired) electrons. The fourth-order valence-electron chi connectivity index (χ4n) is 2.13. The van der Waals surface area contributed by atoms with Gasteiger partial charge in [-0.05, 0) is 36.5 Å². The maximum atomic E-state index is 11.8. The van der Waals surface area contributed by atoms with E-state index in [2.05, 4.69) is 22.7 Å². The summed E-state index contributed by atoms with van der Waals surface area (Å²) >= 11 is 6.16. The van der Waals surface area contributed by atoms with Gasteiger partial charge in [0.05, 0.1) is 12.1 Å². The number of thiophene rings is 1. The van der Waals surface area contributed by atoms with E-state index in [-0.39, 0.29) is 17.0 Å². The Hall–Kier alpha value is -1.47. The lowest BCUT2D eigenvalue weighted by molar-refractivity contribution is -0.149. The van der Waals surface area contributed by atoms with Gasteiger partial charge in [0.15, 0.2) is 5.11 Å². The van der Waals surface area contributed by atoms with Gasteiger partial charge in [-0.1, -0.05) is 12.8 Å². The first-order valence-electron chi connectivity index (χ1n) is 6.47. The van der Waals surface area contributed by atoms with Gasteiger partial charge in [-0.25, -0.2) is 0 Å². The lowest BCUT2D eigenvalue weighted by atomic mass is 10.1. The van der Waals surface area contributed by atoms with Crippen LogP contribution in [0.2, 0.25) is 0 Å². The first kappa shape index (κ1) is 14.9. The molecule has 1 saturated carbocycles. The highest BCUT2D eigenvalue weighted by molar-refractivity contribution is 7.80. The Morgan fingerprint density at radius 2 is 2.35 bits per heavy atom. The van der Waals surface area contributed by atoms with Gasteiger partial charge in [-0.15, -0.1) is 11.3 Å². The number of ether oxygens (including phenoxy) is 1. The molecular weight excluding hydrogens is 294 g/mol. The van der Waals surface area contributed by atoms with E-state index in [1.165, 1.54) is 11.3 Å². The van der Waals surface area contributed by atoms with Crippen LogP contribution in [0.4, 0.5) is 0 Å². The number of rotatable bonds is 5. The van der Waals surface area contributed by atoms with Gasteiger partial charge in [0.2, 0.25) is 0 Å². The Labute approximate surface area is 127 Å². The number of nitrogens with one attached hydrogen (secondary N) is 1. The maximum Gasteiger partial charge on any atom is 0.309 e. The minimum atomic E-state index is -0.0703. The zero-order chi connectivity index (χ0) is 14.4. The van der Waals surface area contributed by atoms with Crippen LogP contribution in [-0.4, -0.2) is 17.3 Å². The first-order chi connectivity index (χ1) is 9.65. The van der Waals surface area contributed by atoms with E-state index in [9.17, 15) is 4.79 Å². The molecule has 20 heavy (non-hydrogen) atoms. The monoisotopic (exact) mass is 311 g/mol. The Morgan fingerprint density at radius 1 is 1.60 bits per heavy atom. The predicted molar refractivity (Wildman–Crippen MR) is 83.6 cm³/mol. The smallest absolute Gasteiger partial charge is 0.309 e. The Kier molecular flexibility index (Phi) is 5.49. The second kappa shape index (κ2) is 7.35. The Balaban J connectivity index is 1.79. The summed E-state index contributed by atoms with van der Waals surface area (Å²) in [6, 6.07) is 1.93. The minimum Gasteiger partial charge on any atom is -0.461 e. The summed E-state index contributed by atoms with van der Waals surface area (Å²) in [5.74, 6) is 0.0310. The van der Waals surface area contributed by atoms with Crippen LogP contribution < -0.4 is 11.2 Å². The summed E-state index contributed by atoms with van der Waals surface area (Å²) in [4.78, 5) is 12.7. The second-order valence-corrected chi connectivity index (χ2v) is 6.06. The molecule has 1 aliphatic rings. The van der Waals surface area contributed by atoms with Gasteiger partial charge in [-0.3, -0.25) is 10.2 Å². The van der Waals surface area contributed by atoms with E-state index in [1.54, 1.807) is 6.21 Å². The highest BCUT2D eigenvalue weighted by Crippen LogP contribution is 2.26. The van der Waals surface area contributed by atoms with E-state index in [4.69, 9.17) is 10.5 Å². The van der Waals surface area contributed by atoms with Crippen LogP contribution in [0.25, 0.3) is 0 Å². The van der Waals surface area contributed by atoms with Crippen LogP contribution >= 0.6 is 23.6 Å². The number of carbonyl (C=O) groups is 1. The molecule has 0 spiro atoms. The van der Waals surface area contributed by atoms with Crippen LogP contribution in [0.15, 0.2) is 16.5 Å². The molecule has 1 aromatic rings. The highest BCUT2D eigenvalue weighted by Gasteiger charge is 2.23. The van der Waals surface area contributed by atoms with Crippen molar-refractivity contribution in [1.29, 1.82) is 0 Å². The third-order valence-electron chi connectivity index (χ3n) is 3.11. The number of thiocarbonyl (C=S) groups is 1. The van der Waals surface area contributed by atoms with E-state index >= 15 is 0 Å². The van der Waals surface area contributed by atoms with Gasteiger partial charge in [0.25, 0.3) is 0 Å². The van der Waals surface area contributed by atoms with Crippen molar-refractivity contribution in [2.24, 2.45) is 16.8 Å². The highest BCUT2D eigenvalue weighted by atomic mass is 32.1. The lowest BCUT2D eigenvalue weighted by Gasteiger charge is -2.08. The van der Waals surface area contributed by atoms with Crippen molar-refractivity contribution < 1.29 is 9.53 Å². The number of nitrogens with two attached hydrogens (primary N) is 1. The van der Waals surface area contributed by atoms with Crippen molar-refractivity contribution in [3.63, 3.8) is 0 Å². The summed E-state index contributed by atoms with van der Waals surface area (Å²) in [6.45, 7) is 0.322. The first-order valence-corrected chi connectivity index (χ1v) is 7.76. The number of carbonyl (C=O) groups excluding carboxylic acids is 1. The molecule has 3 N–H and O–H groups in total. The molecule has 1 aromatic heterocycles. The molecule has 0 bridgehead atoms. The van der Waals surface area contributed by atoms with Gasteiger partial charge in [0, 0.05) is 10.4 Å². The Morgan fingerprint density at radius 3 is 3.05 bits per heavy atom. The van der Waals surface area contributed by atoms with E-state index in [1.807, 2.05) is 11.4 Å².